The third-order valence-corrected chi connectivity index (χ3v) is 3.80. The van der Waals surface area contributed by atoms with Crippen LogP contribution < -0.4 is 10.1 Å². The van der Waals surface area contributed by atoms with E-state index < -0.39 is 0 Å². The molecule has 2 rings (SSSR count). The lowest BCUT2D eigenvalue weighted by atomic mass is 10.1. The summed E-state index contributed by atoms with van der Waals surface area (Å²) in [6.07, 6.45) is 0. The SMILES string of the molecule is COc1cccc(Cl)c1CNCc1ccc(C#N)cc1Cl. The summed E-state index contributed by atoms with van der Waals surface area (Å²) >= 11 is 12.3. The highest BCUT2D eigenvalue weighted by atomic mass is 35.5. The highest BCUT2D eigenvalue weighted by molar-refractivity contribution is 6.31. The molecule has 5 heteroatoms. The first-order valence-corrected chi connectivity index (χ1v) is 7.12. The van der Waals surface area contributed by atoms with Gasteiger partial charge in [-0.3, -0.25) is 0 Å². The van der Waals surface area contributed by atoms with Gasteiger partial charge in [-0.1, -0.05) is 35.3 Å². The summed E-state index contributed by atoms with van der Waals surface area (Å²) in [4.78, 5) is 0. The summed E-state index contributed by atoms with van der Waals surface area (Å²) in [7, 11) is 1.62. The number of ether oxygens (including phenoxy) is 1. The molecule has 2 aromatic carbocycles. The number of methoxy groups -OCH3 is 1. The van der Waals surface area contributed by atoms with Gasteiger partial charge in [-0.25, -0.2) is 0 Å². The fourth-order valence-corrected chi connectivity index (χ4v) is 2.46. The van der Waals surface area contributed by atoms with Crippen LogP contribution in [0.15, 0.2) is 36.4 Å². The molecule has 1 N–H and O–H groups in total. The predicted octanol–water partition coefficient (Wildman–Crippen LogP) is 4.16. The largest absolute Gasteiger partial charge is 0.496 e. The molecule has 0 atom stereocenters. The Morgan fingerprint density at radius 3 is 2.62 bits per heavy atom. The second kappa shape index (κ2) is 7.33. The molecule has 0 bridgehead atoms. The van der Waals surface area contributed by atoms with Crippen LogP contribution in [0.3, 0.4) is 0 Å². The Morgan fingerprint density at radius 2 is 1.95 bits per heavy atom. The minimum absolute atomic E-state index is 0.552. The van der Waals surface area contributed by atoms with Gasteiger partial charge < -0.3 is 10.1 Å². The van der Waals surface area contributed by atoms with Crippen molar-refractivity contribution in [2.24, 2.45) is 0 Å². The number of nitrogens with zero attached hydrogens (tertiary/aromatic N) is 1. The summed E-state index contributed by atoms with van der Waals surface area (Å²) in [6.45, 7) is 1.15. The maximum Gasteiger partial charge on any atom is 0.124 e. The zero-order valence-corrected chi connectivity index (χ0v) is 13.0. The Hall–Kier alpha value is -1.73. The Morgan fingerprint density at radius 1 is 1.14 bits per heavy atom. The van der Waals surface area contributed by atoms with Gasteiger partial charge in [0.15, 0.2) is 0 Å². The minimum Gasteiger partial charge on any atom is -0.496 e. The van der Waals surface area contributed by atoms with E-state index in [1.807, 2.05) is 24.3 Å². The molecule has 108 valence electrons. The number of nitriles is 1. The van der Waals surface area contributed by atoms with Crippen molar-refractivity contribution >= 4 is 23.2 Å². The van der Waals surface area contributed by atoms with E-state index in [-0.39, 0.29) is 0 Å². The van der Waals surface area contributed by atoms with Crippen molar-refractivity contribution in [1.29, 1.82) is 5.26 Å². The fraction of sp³-hybridized carbons (Fsp3) is 0.188. The molecule has 0 aromatic heterocycles. The van der Waals surface area contributed by atoms with Crippen LogP contribution in [0.5, 0.6) is 5.75 Å². The van der Waals surface area contributed by atoms with Crippen molar-refractivity contribution in [3.63, 3.8) is 0 Å². The van der Waals surface area contributed by atoms with Crippen LogP contribution in [0.25, 0.3) is 0 Å². The van der Waals surface area contributed by atoms with Crippen molar-refractivity contribution in [3.05, 3.63) is 63.1 Å². The summed E-state index contributed by atoms with van der Waals surface area (Å²) in [6, 6.07) is 12.9. The van der Waals surface area contributed by atoms with Crippen molar-refractivity contribution in [1.82, 2.24) is 5.32 Å². The normalized spacial score (nSPS) is 10.2. The summed E-state index contributed by atoms with van der Waals surface area (Å²) in [5.74, 6) is 0.751. The number of hydrogen-bond acceptors (Lipinski definition) is 3. The average molecular weight is 321 g/mol. The monoisotopic (exact) mass is 320 g/mol. The van der Waals surface area contributed by atoms with E-state index in [1.165, 1.54) is 0 Å². The third kappa shape index (κ3) is 3.89. The molecule has 0 unspecified atom stereocenters. The van der Waals surface area contributed by atoms with E-state index in [2.05, 4.69) is 11.4 Å². The standard InChI is InChI=1S/C16H14Cl2N2O/c1-21-16-4-2-3-14(17)13(16)10-20-9-12-6-5-11(8-19)7-15(12)18/h2-7,20H,9-10H2,1H3. The number of halogens is 2. The summed E-state index contributed by atoms with van der Waals surface area (Å²) < 4.78 is 5.30. The van der Waals surface area contributed by atoms with Crippen LogP contribution in [-0.4, -0.2) is 7.11 Å². The Balaban J connectivity index is 2.04. The van der Waals surface area contributed by atoms with E-state index in [0.717, 1.165) is 16.9 Å². The Bertz CT molecular complexity index is 680. The molecule has 0 aliphatic carbocycles. The van der Waals surface area contributed by atoms with Gasteiger partial charge in [0.1, 0.15) is 5.75 Å². The molecule has 21 heavy (non-hydrogen) atoms. The van der Waals surface area contributed by atoms with E-state index in [1.54, 1.807) is 19.2 Å². The first-order valence-electron chi connectivity index (χ1n) is 6.36. The molecule has 0 aliphatic heterocycles. The molecule has 0 saturated carbocycles. The lowest BCUT2D eigenvalue weighted by Gasteiger charge is -2.12. The van der Waals surface area contributed by atoms with Gasteiger partial charge in [0.2, 0.25) is 0 Å². The van der Waals surface area contributed by atoms with Gasteiger partial charge in [-0.05, 0) is 29.8 Å². The second-order valence-electron chi connectivity index (χ2n) is 4.44. The zero-order valence-electron chi connectivity index (χ0n) is 11.5. The Kier molecular flexibility index (Phi) is 5.46. The van der Waals surface area contributed by atoms with Gasteiger partial charge in [0.05, 0.1) is 18.7 Å². The molecule has 0 fully saturated rings. The van der Waals surface area contributed by atoms with Gasteiger partial charge in [0.25, 0.3) is 0 Å². The molecular formula is C16H14Cl2N2O. The number of rotatable bonds is 5. The molecular weight excluding hydrogens is 307 g/mol. The molecule has 2 aromatic rings. The fourth-order valence-electron chi connectivity index (χ4n) is 1.98. The van der Waals surface area contributed by atoms with E-state index in [0.29, 0.717) is 28.7 Å². The van der Waals surface area contributed by atoms with Crippen molar-refractivity contribution < 1.29 is 4.74 Å². The van der Waals surface area contributed by atoms with E-state index in [4.69, 9.17) is 33.2 Å². The van der Waals surface area contributed by atoms with Gasteiger partial charge in [-0.2, -0.15) is 5.26 Å². The highest BCUT2D eigenvalue weighted by Crippen LogP contribution is 2.26. The van der Waals surface area contributed by atoms with Crippen LogP contribution in [0.2, 0.25) is 10.0 Å². The quantitative estimate of drug-likeness (QED) is 0.899. The van der Waals surface area contributed by atoms with Crippen molar-refractivity contribution in [3.8, 4) is 11.8 Å². The summed E-state index contributed by atoms with van der Waals surface area (Å²) in [5.41, 5.74) is 2.39. The molecule has 0 aliphatic rings. The lowest BCUT2D eigenvalue weighted by molar-refractivity contribution is 0.407. The Labute approximate surface area is 134 Å². The van der Waals surface area contributed by atoms with Crippen LogP contribution in [0.1, 0.15) is 16.7 Å². The third-order valence-electron chi connectivity index (χ3n) is 3.10. The van der Waals surface area contributed by atoms with Crippen LogP contribution in [-0.2, 0) is 13.1 Å². The van der Waals surface area contributed by atoms with Crippen molar-refractivity contribution in [2.45, 2.75) is 13.1 Å². The van der Waals surface area contributed by atoms with Crippen LogP contribution in [0, 0.1) is 11.3 Å². The lowest BCUT2D eigenvalue weighted by Crippen LogP contribution is -2.14. The van der Waals surface area contributed by atoms with Crippen LogP contribution >= 0.6 is 23.2 Å². The van der Waals surface area contributed by atoms with E-state index in [9.17, 15) is 0 Å². The zero-order chi connectivity index (χ0) is 15.2. The van der Waals surface area contributed by atoms with Crippen LogP contribution in [0.4, 0.5) is 0 Å². The topological polar surface area (TPSA) is 45.0 Å². The van der Waals surface area contributed by atoms with E-state index >= 15 is 0 Å². The first-order chi connectivity index (χ1) is 10.2. The summed E-state index contributed by atoms with van der Waals surface area (Å²) in [5, 5.41) is 13.3. The number of hydrogen-bond donors (Lipinski definition) is 1. The van der Waals surface area contributed by atoms with Gasteiger partial charge >= 0.3 is 0 Å². The number of benzene rings is 2. The smallest absolute Gasteiger partial charge is 0.124 e. The van der Waals surface area contributed by atoms with Gasteiger partial charge in [-0.15, -0.1) is 0 Å². The number of nitrogens with one attached hydrogen (secondary N) is 1. The molecule has 0 spiro atoms. The predicted molar refractivity (Wildman–Crippen MR) is 84.7 cm³/mol. The second-order valence-corrected chi connectivity index (χ2v) is 5.26. The minimum atomic E-state index is 0.552. The molecule has 0 amide bonds. The molecule has 0 saturated heterocycles. The first kappa shape index (κ1) is 15.7. The maximum absolute atomic E-state index is 8.81. The highest BCUT2D eigenvalue weighted by Gasteiger charge is 2.08. The molecule has 3 nitrogen and oxygen atoms in total. The van der Waals surface area contributed by atoms with Crippen molar-refractivity contribution in [2.75, 3.05) is 7.11 Å². The van der Waals surface area contributed by atoms with Gasteiger partial charge in [0, 0.05) is 28.7 Å². The maximum atomic E-state index is 8.81. The molecule has 0 heterocycles. The molecule has 0 radical (unpaired) electrons. The average Bonchev–Trinajstić information content (AvgIpc) is 2.50.